The number of hydrogen-bond acceptors (Lipinski definition) is 1. The number of nitrogens with two attached hydrogens (primary N) is 1. The van der Waals surface area contributed by atoms with Crippen molar-refractivity contribution in [3.63, 3.8) is 0 Å². The predicted molar refractivity (Wildman–Crippen MR) is 49.4 cm³/mol. The molecule has 1 aliphatic carbocycles. The first kappa shape index (κ1) is 8.79. The van der Waals surface area contributed by atoms with Crippen LogP contribution in [0.25, 0.3) is 0 Å². The summed E-state index contributed by atoms with van der Waals surface area (Å²) in [6.07, 6.45) is 8.25. The van der Waals surface area contributed by atoms with Gasteiger partial charge in [-0.25, -0.2) is 0 Å². The van der Waals surface area contributed by atoms with E-state index in [9.17, 15) is 0 Å². The summed E-state index contributed by atoms with van der Waals surface area (Å²) in [4.78, 5) is 0. The molecule has 0 bridgehead atoms. The largest absolute Gasteiger partial charge is 0.327 e. The fourth-order valence-electron chi connectivity index (χ4n) is 2.02. The Morgan fingerprint density at radius 3 is 2.55 bits per heavy atom. The van der Waals surface area contributed by atoms with Crippen LogP contribution in [0.15, 0.2) is 12.7 Å². The first-order chi connectivity index (χ1) is 5.19. The highest BCUT2D eigenvalue weighted by molar-refractivity contribution is 4.92. The van der Waals surface area contributed by atoms with Gasteiger partial charge in [0.25, 0.3) is 0 Å². The summed E-state index contributed by atoms with van der Waals surface area (Å²) in [6, 6.07) is 0.336. The Labute approximate surface area is 69.7 Å². The van der Waals surface area contributed by atoms with Crippen molar-refractivity contribution in [2.45, 2.75) is 45.1 Å². The van der Waals surface area contributed by atoms with Crippen molar-refractivity contribution >= 4 is 0 Å². The number of rotatable bonds is 3. The molecule has 0 aromatic rings. The smallest absolute Gasteiger partial charge is 0.0127 e. The van der Waals surface area contributed by atoms with Gasteiger partial charge in [-0.1, -0.05) is 25.8 Å². The van der Waals surface area contributed by atoms with Gasteiger partial charge in [-0.15, -0.1) is 6.58 Å². The first-order valence-corrected chi connectivity index (χ1v) is 4.55. The van der Waals surface area contributed by atoms with Gasteiger partial charge in [-0.3, -0.25) is 0 Å². The molecule has 11 heavy (non-hydrogen) atoms. The highest BCUT2D eigenvalue weighted by atomic mass is 14.7. The highest BCUT2D eigenvalue weighted by Gasteiger charge is 2.33. The summed E-state index contributed by atoms with van der Waals surface area (Å²) in [7, 11) is 0. The molecule has 1 unspecified atom stereocenters. The molecule has 1 fully saturated rings. The van der Waals surface area contributed by atoms with E-state index in [2.05, 4.69) is 13.5 Å². The van der Waals surface area contributed by atoms with E-state index in [1.165, 1.54) is 25.7 Å². The van der Waals surface area contributed by atoms with Crippen molar-refractivity contribution in [2.75, 3.05) is 0 Å². The minimum absolute atomic E-state index is 0.336. The zero-order valence-corrected chi connectivity index (χ0v) is 7.47. The van der Waals surface area contributed by atoms with Crippen LogP contribution >= 0.6 is 0 Å². The lowest BCUT2D eigenvalue weighted by Gasteiger charge is -2.30. The fourth-order valence-corrected chi connectivity index (χ4v) is 2.02. The number of hydrogen-bond donors (Lipinski definition) is 1. The van der Waals surface area contributed by atoms with Crippen LogP contribution in [0.5, 0.6) is 0 Å². The predicted octanol–water partition coefficient (Wildman–Crippen LogP) is 2.47. The zero-order chi connectivity index (χ0) is 8.32. The van der Waals surface area contributed by atoms with E-state index in [4.69, 9.17) is 5.73 Å². The Balaban J connectivity index is 2.48. The molecule has 0 amide bonds. The molecule has 0 aliphatic heterocycles. The topological polar surface area (TPSA) is 26.0 Å². The second-order valence-electron chi connectivity index (χ2n) is 3.99. The normalized spacial score (nSPS) is 24.9. The minimum Gasteiger partial charge on any atom is -0.327 e. The van der Waals surface area contributed by atoms with Crippen molar-refractivity contribution < 1.29 is 0 Å². The summed E-state index contributed by atoms with van der Waals surface area (Å²) in [5.74, 6) is 0. The summed E-state index contributed by atoms with van der Waals surface area (Å²) < 4.78 is 0. The summed E-state index contributed by atoms with van der Waals surface area (Å²) in [5, 5.41) is 0. The molecule has 2 N–H and O–H groups in total. The third kappa shape index (κ3) is 1.84. The molecule has 1 aliphatic rings. The second-order valence-corrected chi connectivity index (χ2v) is 3.99. The van der Waals surface area contributed by atoms with Crippen LogP contribution in [0.1, 0.15) is 39.0 Å². The lowest BCUT2D eigenvalue weighted by molar-refractivity contribution is 0.263. The summed E-state index contributed by atoms with van der Waals surface area (Å²) in [5.41, 5.74) is 6.46. The zero-order valence-electron chi connectivity index (χ0n) is 7.47. The molecule has 0 saturated heterocycles. The highest BCUT2D eigenvalue weighted by Crippen LogP contribution is 2.40. The molecule has 1 heteroatoms. The molecular weight excluding hydrogens is 134 g/mol. The van der Waals surface area contributed by atoms with Gasteiger partial charge in [0.1, 0.15) is 0 Å². The van der Waals surface area contributed by atoms with Crippen LogP contribution < -0.4 is 5.73 Å². The average Bonchev–Trinajstić information content (AvgIpc) is 2.38. The van der Waals surface area contributed by atoms with Crippen LogP contribution in [0.4, 0.5) is 0 Å². The molecule has 64 valence electrons. The monoisotopic (exact) mass is 153 g/mol. The van der Waals surface area contributed by atoms with Gasteiger partial charge >= 0.3 is 0 Å². The molecule has 0 radical (unpaired) electrons. The van der Waals surface area contributed by atoms with Gasteiger partial charge in [-0.05, 0) is 24.7 Å². The molecular formula is C10H19N. The fraction of sp³-hybridized carbons (Fsp3) is 0.800. The summed E-state index contributed by atoms with van der Waals surface area (Å²) >= 11 is 0. The third-order valence-corrected chi connectivity index (χ3v) is 3.06. The molecule has 1 rings (SSSR count). The van der Waals surface area contributed by atoms with E-state index in [1.54, 1.807) is 0 Å². The van der Waals surface area contributed by atoms with E-state index in [0.717, 1.165) is 6.42 Å². The Bertz CT molecular complexity index is 134. The van der Waals surface area contributed by atoms with Crippen LogP contribution in [0.2, 0.25) is 0 Å². The third-order valence-electron chi connectivity index (χ3n) is 3.06. The van der Waals surface area contributed by atoms with Crippen LogP contribution in [-0.2, 0) is 0 Å². The van der Waals surface area contributed by atoms with E-state index in [1.807, 2.05) is 6.08 Å². The van der Waals surface area contributed by atoms with Crippen LogP contribution in [-0.4, -0.2) is 6.04 Å². The SMILES string of the molecule is C=CCC(N)C1(C)CCCC1. The average molecular weight is 153 g/mol. The molecule has 1 atom stereocenters. The van der Waals surface area contributed by atoms with Gasteiger partial charge in [-0.2, -0.15) is 0 Å². The quantitative estimate of drug-likeness (QED) is 0.619. The second kappa shape index (κ2) is 3.40. The van der Waals surface area contributed by atoms with E-state index in [0.29, 0.717) is 11.5 Å². The molecule has 0 aromatic heterocycles. The Morgan fingerprint density at radius 1 is 1.55 bits per heavy atom. The maximum Gasteiger partial charge on any atom is 0.0127 e. The lowest BCUT2D eigenvalue weighted by Crippen LogP contribution is -2.36. The maximum atomic E-state index is 6.05. The summed E-state index contributed by atoms with van der Waals surface area (Å²) in [6.45, 7) is 6.04. The van der Waals surface area contributed by atoms with Crippen LogP contribution in [0, 0.1) is 5.41 Å². The van der Waals surface area contributed by atoms with Crippen LogP contribution in [0.3, 0.4) is 0 Å². The van der Waals surface area contributed by atoms with Gasteiger partial charge in [0.2, 0.25) is 0 Å². The Morgan fingerprint density at radius 2 is 2.09 bits per heavy atom. The van der Waals surface area contributed by atoms with Gasteiger partial charge in [0, 0.05) is 6.04 Å². The van der Waals surface area contributed by atoms with Crippen molar-refractivity contribution in [1.82, 2.24) is 0 Å². The van der Waals surface area contributed by atoms with Gasteiger partial charge in [0.05, 0.1) is 0 Å². The molecule has 1 saturated carbocycles. The maximum absolute atomic E-state index is 6.05. The van der Waals surface area contributed by atoms with Crippen molar-refractivity contribution in [3.8, 4) is 0 Å². The Kier molecular flexibility index (Phi) is 2.72. The lowest BCUT2D eigenvalue weighted by atomic mass is 9.80. The van der Waals surface area contributed by atoms with Crippen molar-refractivity contribution in [2.24, 2.45) is 11.1 Å². The van der Waals surface area contributed by atoms with Gasteiger partial charge < -0.3 is 5.73 Å². The molecule has 1 nitrogen and oxygen atoms in total. The van der Waals surface area contributed by atoms with Crippen molar-refractivity contribution in [3.05, 3.63) is 12.7 Å². The molecule has 0 aromatic carbocycles. The van der Waals surface area contributed by atoms with E-state index >= 15 is 0 Å². The van der Waals surface area contributed by atoms with Gasteiger partial charge in [0.15, 0.2) is 0 Å². The first-order valence-electron chi connectivity index (χ1n) is 4.55. The van der Waals surface area contributed by atoms with Crippen molar-refractivity contribution in [1.29, 1.82) is 0 Å². The molecule has 0 heterocycles. The van der Waals surface area contributed by atoms with E-state index < -0.39 is 0 Å². The Hall–Kier alpha value is -0.300. The minimum atomic E-state index is 0.336. The van der Waals surface area contributed by atoms with E-state index in [-0.39, 0.29) is 0 Å². The standard InChI is InChI=1S/C10H19N/c1-3-6-9(11)10(2)7-4-5-8-10/h3,9H,1,4-8,11H2,2H3. The molecule has 0 spiro atoms.